The molecule has 1 aliphatic rings. The topological polar surface area (TPSA) is 43.4 Å². The summed E-state index contributed by atoms with van der Waals surface area (Å²) in [6.45, 7) is 11.5. The number of alkyl halides is 3. The average Bonchev–Trinajstić information content (AvgIpc) is 3.20. The maximum atomic E-state index is 13.0. The maximum Gasteiger partial charge on any atom is 0.573 e. The van der Waals surface area contributed by atoms with Crippen molar-refractivity contribution in [2.24, 2.45) is 0 Å². The molecule has 1 fully saturated rings. The molecule has 1 aliphatic heterocycles. The van der Waals surface area contributed by atoms with E-state index in [1.54, 1.807) is 39.5 Å². The molecule has 5 aromatic carbocycles. The molecule has 1 saturated heterocycles. The minimum absolute atomic E-state index is 0.168. The lowest BCUT2D eigenvalue weighted by Crippen LogP contribution is -2.44. The first kappa shape index (κ1) is 40.3. The molecule has 294 valence electrons. The van der Waals surface area contributed by atoms with Crippen molar-refractivity contribution in [3.05, 3.63) is 131 Å². The molecule has 0 aromatic heterocycles. The van der Waals surface area contributed by atoms with E-state index in [4.69, 9.17) is 14.2 Å². The number of piperidine rings is 1. The van der Waals surface area contributed by atoms with Gasteiger partial charge in [-0.1, -0.05) is 68.5 Å². The van der Waals surface area contributed by atoms with Gasteiger partial charge in [-0.25, -0.2) is 0 Å². The number of likely N-dealkylation sites (tertiary alicyclic amines) is 1. The summed E-state index contributed by atoms with van der Waals surface area (Å²) in [7, 11) is 4.95. The number of rotatable bonds is 15. The Morgan fingerprint density at radius 3 is 2.00 bits per heavy atom. The van der Waals surface area contributed by atoms with Gasteiger partial charge in [-0.2, -0.15) is 0 Å². The Hall–Kier alpha value is -5.41. The molecule has 0 unspecified atom stereocenters. The summed E-state index contributed by atoms with van der Waals surface area (Å²) in [5.41, 5.74) is 10.8. The predicted molar refractivity (Wildman–Crippen MR) is 220 cm³/mol. The highest BCUT2D eigenvalue weighted by Gasteiger charge is 2.31. The van der Waals surface area contributed by atoms with Gasteiger partial charge < -0.3 is 23.8 Å². The van der Waals surface area contributed by atoms with Gasteiger partial charge in [-0.05, 0) is 125 Å². The van der Waals surface area contributed by atoms with Crippen molar-refractivity contribution in [3.63, 3.8) is 0 Å². The number of ether oxygens (including phenoxy) is 4. The first-order chi connectivity index (χ1) is 27.0. The lowest BCUT2D eigenvalue weighted by Gasteiger charge is -2.40. The molecular formula is C47H51F3N2O4. The number of aryl methyl sites for hydroxylation is 1. The third kappa shape index (κ3) is 9.69. The fourth-order valence-corrected chi connectivity index (χ4v) is 7.78. The standard InChI is InChI=1S/C47H51F3N2O4/c1-7-11-36-27-40(28-44(53-4)32(36)3)37-14-9-12-33(24-37)30-51-22-20-42(21-23-51)52(41-16-18-43(19-17-41)56-47(48,49)50)31-34-13-10-15-38(25-34)39-26-35(8-2)46(55-6)45(29-39)54-5/h8-10,12-19,24-29,42H,2,7,11,20-23,30-31H2,1,3-6H3. The van der Waals surface area contributed by atoms with E-state index < -0.39 is 6.36 Å². The van der Waals surface area contributed by atoms with Gasteiger partial charge in [0, 0.05) is 43.5 Å². The zero-order valence-electron chi connectivity index (χ0n) is 32.9. The van der Waals surface area contributed by atoms with E-state index in [-0.39, 0.29) is 11.8 Å². The van der Waals surface area contributed by atoms with Crippen LogP contribution < -0.4 is 23.8 Å². The van der Waals surface area contributed by atoms with E-state index >= 15 is 0 Å². The van der Waals surface area contributed by atoms with Crippen molar-refractivity contribution in [2.45, 2.75) is 65.0 Å². The van der Waals surface area contributed by atoms with Gasteiger partial charge in [0.25, 0.3) is 0 Å². The Bertz CT molecular complexity index is 2110. The first-order valence-electron chi connectivity index (χ1n) is 19.1. The van der Waals surface area contributed by atoms with Crippen LogP contribution in [0.4, 0.5) is 18.9 Å². The molecule has 0 N–H and O–H groups in total. The van der Waals surface area contributed by atoms with Crippen molar-refractivity contribution in [3.8, 4) is 45.3 Å². The van der Waals surface area contributed by atoms with Crippen molar-refractivity contribution in [1.82, 2.24) is 4.90 Å². The summed E-state index contributed by atoms with van der Waals surface area (Å²) in [5.74, 6) is 1.92. The van der Waals surface area contributed by atoms with Crippen LogP contribution in [0.1, 0.15) is 54.0 Å². The zero-order valence-corrected chi connectivity index (χ0v) is 32.9. The summed E-state index contributed by atoms with van der Waals surface area (Å²) >= 11 is 0. The molecule has 0 saturated carbocycles. The molecule has 56 heavy (non-hydrogen) atoms. The number of methoxy groups -OCH3 is 3. The zero-order chi connectivity index (χ0) is 39.8. The second-order valence-corrected chi connectivity index (χ2v) is 14.3. The van der Waals surface area contributed by atoms with E-state index in [2.05, 4.69) is 89.6 Å². The Morgan fingerprint density at radius 1 is 0.768 bits per heavy atom. The largest absolute Gasteiger partial charge is 0.573 e. The van der Waals surface area contributed by atoms with Crippen molar-refractivity contribution < 1.29 is 32.1 Å². The lowest BCUT2D eigenvalue weighted by atomic mass is 9.95. The normalized spacial score (nSPS) is 13.6. The monoisotopic (exact) mass is 764 g/mol. The second-order valence-electron chi connectivity index (χ2n) is 14.3. The fraction of sp³-hybridized carbons (Fsp3) is 0.319. The number of anilines is 1. The van der Waals surface area contributed by atoms with Gasteiger partial charge in [0.1, 0.15) is 11.5 Å². The number of nitrogens with zero attached hydrogens (tertiary/aromatic N) is 2. The summed E-state index contributed by atoms with van der Waals surface area (Å²) in [6.07, 6.45) is 0.862. The van der Waals surface area contributed by atoms with Gasteiger partial charge in [0.15, 0.2) is 11.5 Å². The van der Waals surface area contributed by atoms with Crippen LogP contribution in [0.25, 0.3) is 28.3 Å². The maximum absolute atomic E-state index is 13.0. The Morgan fingerprint density at radius 2 is 1.39 bits per heavy atom. The molecule has 0 amide bonds. The first-order valence-corrected chi connectivity index (χ1v) is 19.1. The Kier molecular flexibility index (Phi) is 13.0. The number of hydrogen-bond donors (Lipinski definition) is 0. The minimum Gasteiger partial charge on any atom is -0.496 e. The summed E-state index contributed by atoms with van der Waals surface area (Å²) in [4.78, 5) is 4.80. The van der Waals surface area contributed by atoms with Crippen LogP contribution in [-0.4, -0.2) is 51.7 Å². The van der Waals surface area contributed by atoms with Crippen LogP contribution in [0.2, 0.25) is 0 Å². The Balaban J connectivity index is 1.22. The van der Waals surface area contributed by atoms with E-state index in [0.29, 0.717) is 18.0 Å². The van der Waals surface area contributed by atoms with E-state index in [0.717, 1.165) is 84.6 Å². The summed E-state index contributed by atoms with van der Waals surface area (Å²) in [6, 6.07) is 31.9. The number of halogens is 3. The number of benzene rings is 5. The number of hydrogen-bond acceptors (Lipinski definition) is 6. The highest BCUT2D eigenvalue weighted by Crippen LogP contribution is 2.38. The molecule has 0 radical (unpaired) electrons. The van der Waals surface area contributed by atoms with Crippen LogP contribution in [0.5, 0.6) is 23.0 Å². The van der Waals surface area contributed by atoms with Crippen LogP contribution in [0, 0.1) is 6.92 Å². The molecule has 0 atom stereocenters. The lowest BCUT2D eigenvalue weighted by molar-refractivity contribution is -0.274. The quantitative estimate of drug-likeness (QED) is 0.106. The van der Waals surface area contributed by atoms with Crippen LogP contribution in [-0.2, 0) is 19.5 Å². The third-order valence-electron chi connectivity index (χ3n) is 10.6. The van der Waals surface area contributed by atoms with Gasteiger partial charge in [0.2, 0.25) is 0 Å². The molecule has 0 spiro atoms. The summed E-state index contributed by atoms with van der Waals surface area (Å²) < 4.78 is 60.2. The van der Waals surface area contributed by atoms with Crippen molar-refractivity contribution in [1.29, 1.82) is 0 Å². The molecule has 6 nitrogen and oxygen atoms in total. The highest BCUT2D eigenvalue weighted by molar-refractivity contribution is 5.74. The SMILES string of the molecule is C=Cc1cc(-c2cccc(CN(c3ccc(OC(F)(F)F)cc3)C3CCN(Cc4cccc(-c5cc(CCC)c(C)c(OC)c5)c4)CC3)c2)cc(OC)c1OC. The minimum atomic E-state index is -4.76. The van der Waals surface area contributed by atoms with Gasteiger partial charge >= 0.3 is 6.36 Å². The molecule has 1 heterocycles. The summed E-state index contributed by atoms with van der Waals surface area (Å²) in [5, 5.41) is 0. The molecule has 6 rings (SSSR count). The molecule has 0 bridgehead atoms. The molecule has 9 heteroatoms. The predicted octanol–water partition coefficient (Wildman–Crippen LogP) is 11.5. The van der Waals surface area contributed by atoms with Gasteiger partial charge in [-0.3, -0.25) is 4.90 Å². The van der Waals surface area contributed by atoms with Gasteiger partial charge in [-0.15, -0.1) is 13.2 Å². The van der Waals surface area contributed by atoms with Crippen LogP contribution in [0.15, 0.2) is 104 Å². The van der Waals surface area contributed by atoms with Crippen molar-refractivity contribution in [2.75, 3.05) is 39.3 Å². The Labute approximate surface area is 329 Å². The van der Waals surface area contributed by atoms with E-state index in [1.165, 1.54) is 34.4 Å². The molecule has 0 aliphatic carbocycles. The second kappa shape index (κ2) is 18.0. The van der Waals surface area contributed by atoms with Crippen LogP contribution >= 0.6 is 0 Å². The molecular weight excluding hydrogens is 714 g/mol. The third-order valence-corrected chi connectivity index (χ3v) is 10.6. The van der Waals surface area contributed by atoms with Crippen LogP contribution in [0.3, 0.4) is 0 Å². The van der Waals surface area contributed by atoms with Crippen molar-refractivity contribution >= 4 is 11.8 Å². The smallest absolute Gasteiger partial charge is 0.496 e. The van der Waals surface area contributed by atoms with E-state index in [9.17, 15) is 13.2 Å². The highest BCUT2D eigenvalue weighted by atomic mass is 19.4. The van der Waals surface area contributed by atoms with Gasteiger partial charge in [0.05, 0.1) is 21.3 Å². The van der Waals surface area contributed by atoms with E-state index in [1.807, 2.05) is 18.2 Å². The fourth-order valence-electron chi connectivity index (χ4n) is 7.78. The molecule has 5 aromatic rings. The average molecular weight is 765 g/mol.